The lowest BCUT2D eigenvalue weighted by atomic mass is 10.1. The van der Waals surface area contributed by atoms with E-state index in [0.29, 0.717) is 0 Å². The summed E-state index contributed by atoms with van der Waals surface area (Å²) in [4.78, 5) is 21.7. The Balaban J connectivity index is 3.04. The van der Waals surface area contributed by atoms with Gasteiger partial charge < -0.3 is 14.9 Å². The summed E-state index contributed by atoms with van der Waals surface area (Å²) in [6.45, 7) is 0.194. The monoisotopic (exact) mass is 351 g/mol. The number of benzene rings is 1. The van der Waals surface area contributed by atoms with Crippen molar-refractivity contribution in [3.8, 4) is 0 Å². The number of aliphatic hydroxyl groups is 1. The summed E-state index contributed by atoms with van der Waals surface area (Å²) in [5.74, 6) is -2.27. The fourth-order valence-electron chi connectivity index (χ4n) is 1.35. The number of ether oxygens (including phenoxy) is 1. The summed E-state index contributed by atoms with van der Waals surface area (Å²) in [5, 5.41) is 18.0. The van der Waals surface area contributed by atoms with E-state index in [1.165, 1.54) is 6.07 Å². The van der Waals surface area contributed by atoms with Crippen molar-refractivity contribution in [3.63, 3.8) is 0 Å². The molecule has 0 spiro atoms. The van der Waals surface area contributed by atoms with Crippen LogP contribution in [0.4, 0.5) is 0 Å². The Kier molecular flexibility index (Phi) is 5.52. The van der Waals surface area contributed by atoms with E-state index in [-0.39, 0.29) is 15.5 Å². The number of sulfonamides is 1. The van der Waals surface area contributed by atoms with Gasteiger partial charge in [-0.05, 0) is 25.1 Å². The zero-order valence-electron chi connectivity index (χ0n) is 11.7. The minimum absolute atomic E-state index is 0.0592. The third-order valence-electron chi connectivity index (χ3n) is 2.71. The smallest absolute Gasteiger partial charge is 0.337 e. The molecule has 0 aliphatic carbocycles. The number of hydrogen-bond donors (Lipinski definition) is 3. The highest BCUT2D eigenvalue weighted by Crippen LogP contribution is 2.23. The zero-order chi connectivity index (χ0) is 17.1. The molecule has 1 aromatic carbocycles. The van der Waals surface area contributed by atoms with E-state index < -0.39 is 34.1 Å². The molecule has 0 amide bonds. The van der Waals surface area contributed by atoms with E-state index in [4.69, 9.17) is 16.7 Å². The van der Waals surface area contributed by atoms with Crippen molar-refractivity contribution in [1.82, 2.24) is 4.72 Å². The van der Waals surface area contributed by atoms with Gasteiger partial charge in [-0.1, -0.05) is 11.6 Å². The largest absolute Gasteiger partial charge is 0.479 e. The summed E-state index contributed by atoms with van der Waals surface area (Å²) in [6.07, 6.45) is 0. The molecular weight excluding hydrogens is 338 g/mol. The van der Waals surface area contributed by atoms with Gasteiger partial charge in [0.25, 0.3) is 0 Å². The quantitative estimate of drug-likeness (QED) is 0.626. The van der Waals surface area contributed by atoms with Gasteiger partial charge >= 0.3 is 11.9 Å². The minimum Gasteiger partial charge on any atom is -0.479 e. The molecule has 0 saturated carbocycles. The first-order valence-corrected chi connectivity index (χ1v) is 7.70. The average molecular weight is 352 g/mol. The first-order chi connectivity index (χ1) is 10.0. The van der Waals surface area contributed by atoms with E-state index in [2.05, 4.69) is 4.74 Å². The average Bonchev–Trinajstić information content (AvgIpc) is 2.44. The van der Waals surface area contributed by atoms with E-state index >= 15 is 0 Å². The second-order valence-corrected chi connectivity index (χ2v) is 6.68. The standard InChI is InChI=1S/C12H14ClNO7S/c1-12(18,11(16)17)6-14-22(19,20)9-4-3-7(5-8(9)13)10(15)21-2/h3-5,14,18H,6H2,1-2H3,(H,16,17). The van der Waals surface area contributed by atoms with Crippen molar-refractivity contribution < 1.29 is 33.0 Å². The maximum Gasteiger partial charge on any atom is 0.337 e. The number of carbonyl (C=O) groups is 2. The predicted octanol–water partition coefficient (Wildman–Crippen LogP) is 0.241. The van der Waals surface area contributed by atoms with Gasteiger partial charge in [0.2, 0.25) is 10.0 Å². The van der Waals surface area contributed by atoms with Gasteiger partial charge in [0.05, 0.1) is 24.2 Å². The normalized spacial score (nSPS) is 14.2. The second-order valence-electron chi connectivity index (χ2n) is 4.54. The summed E-state index contributed by atoms with van der Waals surface area (Å²) >= 11 is 5.82. The SMILES string of the molecule is COC(=O)c1ccc(S(=O)(=O)NCC(C)(O)C(=O)O)c(Cl)c1. The number of nitrogens with one attached hydrogen (secondary N) is 1. The van der Waals surface area contributed by atoms with Crippen molar-refractivity contribution >= 4 is 33.6 Å². The van der Waals surface area contributed by atoms with Crippen molar-refractivity contribution in [3.05, 3.63) is 28.8 Å². The molecule has 1 unspecified atom stereocenters. The zero-order valence-corrected chi connectivity index (χ0v) is 13.2. The Morgan fingerprint density at radius 2 is 2.00 bits per heavy atom. The number of carboxylic acids is 1. The van der Waals surface area contributed by atoms with Gasteiger partial charge in [0.15, 0.2) is 5.60 Å². The molecule has 0 aromatic heterocycles. The Labute approximate surface area is 131 Å². The van der Waals surface area contributed by atoms with Crippen LogP contribution in [0.15, 0.2) is 23.1 Å². The van der Waals surface area contributed by atoms with Crippen LogP contribution >= 0.6 is 11.6 Å². The number of esters is 1. The number of carboxylic acid groups (broad SMARTS) is 1. The Morgan fingerprint density at radius 1 is 1.41 bits per heavy atom. The highest BCUT2D eigenvalue weighted by molar-refractivity contribution is 7.89. The third-order valence-corrected chi connectivity index (χ3v) is 4.59. The predicted molar refractivity (Wildman–Crippen MR) is 76.2 cm³/mol. The highest BCUT2D eigenvalue weighted by Gasteiger charge is 2.32. The molecule has 0 aliphatic heterocycles. The van der Waals surface area contributed by atoms with E-state index in [9.17, 15) is 23.1 Å². The summed E-state index contributed by atoms with van der Waals surface area (Å²) in [6, 6.07) is 3.38. The molecule has 0 aliphatic rings. The molecule has 122 valence electrons. The lowest BCUT2D eigenvalue weighted by molar-refractivity contribution is -0.155. The van der Waals surface area contributed by atoms with Gasteiger partial charge in [-0.15, -0.1) is 0 Å². The minimum atomic E-state index is -4.16. The summed E-state index contributed by atoms with van der Waals surface area (Å²) < 4.78 is 30.5. The van der Waals surface area contributed by atoms with Gasteiger partial charge in [0, 0.05) is 0 Å². The molecule has 22 heavy (non-hydrogen) atoms. The van der Waals surface area contributed by atoms with Gasteiger partial charge in [-0.25, -0.2) is 22.7 Å². The van der Waals surface area contributed by atoms with Crippen molar-refractivity contribution in [2.45, 2.75) is 17.4 Å². The Morgan fingerprint density at radius 3 is 2.45 bits per heavy atom. The third kappa shape index (κ3) is 4.17. The molecule has 0 bridgehead atoms. The van der Waals surface area contributed by atoms with Crippen molar-refractivity contribution in [2.75, 3.05) is 13.7 Å². The second kappa shape index (κ2) is 6.61. The van der Waals surface area contributed by atoms with E-state index in [1.807, 2.05) is 4.72 Å². The number of carbonyl (C=O) groups excluding carboxylic acids is 1. The fourth-order valence-corrected chi connectivity index (χ4v) is 3.03. The lowest BCUT2D eigenvalue weighted by Crippen LogP contribution is -2.46. The number of hydrogen-bond acceptors (Lipinski definition) is 6. The molecule has 0 heterocycles. The van der Waals surface area contributed by atoms with E-state index in [0.717, 1.165) is 26.2 Å². The number of methoxy groups -OCH3 is 1. The van der Waals surface area contributed by atoms with Crippen LogP contribution in [-0.2, 0) is 19.6 Å². The van der Waals surface area contributed by atoms with Crippen LogP contribution in [0.25, 0.3) is 0 Å². The Bertz CT molecular complexity index is 699. The molecule has 3 N–H and O–H groups in total. The molecule has 1 aromatic rings. The van der Waals surface area contributed by atoms with Crippen molar-refractivity contribution in [1.29, 1.82) is 0 Å². The van der Waals surface area contributed by atoms with Crippen LogP contribution in [0.3, 0.4) is 0 Å². The molecular formula is C12H14ClNO7S. The maximum atomic E-state index is 12.1. The summed E-state index contributed by atoms with van der Waals surface area (Å²) in [7, 11) is -3.00. The summed E-state index contributed by atoms with van der Waals surface area (Å²) in [5.41, 5.74) is -2.21. The topological polar surface area (TPSA) is 130 Å². The van der Waals surface area contributed by atoms with Crippen LogP contribution in [0.1, 0.15) is 17.3 Å². The molecule has 1 atom stereocenters. The molecule has 0 fully saturated rings. The fraction of sp³-hybridized carbons (Fsp3) is 0.333. The van der Waals surface area contributed by atoms with Crippen LogP contribution in [-0.4, -0.2) is 49.8 Å². The Hall–Kier alpha value is -1.68. The number of halogens is 1. The van der Waals surface area contributed by atoms with Crippen LogP contribution in [0.2, 0.25) is 5.02 Å². The van der Waals surface area contributed by atoms with Gasteiger partial charge in [0.1, 0.15) is 4.90 Å². The maximum absolute atomic E-state index is 12.1. The lowest BCUT2D eigenvalue weighted by Gasteiger charge is -2.18. The molecule has 10 heteroatoms. The number of aliphatic carboxylic acids is 1. The van der Waals surface area contributed by atoms with Crippen LogP contribution in [0, 0.1) is 0 Å². The molecule has 0 saturated heterocycles. The molecule has 8 nitrogen and oxygen atoms in total. The van der Waals surface area contributed by atoms with Crippen LogP contribution in [0.5, 0.6) is 0 Å². The van der Waals surface area contributed by atoms with Gasteiger partial charge in [-0.2, -0.15) is 0 Å². The highest BCUT2D eigenvalue weighted by atomic mass is 35.5. The van der Waals surface area contributed by atoms with Gasteiger partial charge in [-0.3, -0.25) is 0 Å². The first kappa shape index (κ1) is 18.4. The number of rotatable bonds is 6. The van der Waals surface area contributed by atoms with Crippen LogP contribution < -0.4 is 4.72 Å². The first-order valence-electron chi connectivity index (χ1n) is 5.84. The van der Waals surface area contributed by atoms with E-state index in [1.54, 1.807) is 0 Å². The van der Waals surface area contributed by atoms with Crippen molar-refractivity contribution in [2.24, 2.45) is 0 Å². The molecule has 1 rings (SSSR count). The molecule has 0 radical (unpaired) electrons.